The second-order valence-corrected chi connectivity index (χ2v) is 7.98. The van der Waals surface area contributed by atoms with Gasteiger partial charge in [-0.3, -0.25) is 5.01 Å². The Hall–Kier alpha value is -2.91. The van der Waals surface area contributed by atoms with Gasteiger partial charge in [-0.2, -0.15) is 5.10 Å². The maximum Gasteiger partial charge on any atom is 0.0831 e. The van der Waals surface area contributed by atoms with Crippen LogP contribution in [0.4, 0.5) is 5.69 Å². The third-order valence-corrected chi connectivity index (χ3v) is 5.80. The molecule has 4 aromatic carbocycles. The summed E-state index contributed by atoms with van der Waals surface area (Å²) >= 11 is 3.54. The van der Waals surface area contributed by atoms with Gasteiger partial charge in [0, 0.05) is 10.9 Å². The van der Waals surface area contributed by atoms with E-state index in [1.807, 2.05) is 6.07 Å². The summed E-state index contributed by atoms with van der Waals surface area (Å²) in [6, 6.07) is 34.3. The van der Waals surface area contributed by atoms with Crippen LogP contribution in [0.3, 0.4) is 0 Å². The topological polar surface area (TPSA) is 15.6 Å². The average Bonchev–Trinajstić information content (AvgIpc) is 3.20. The highest BCUT2D eigenvalue weighted by Crippen LogP contribution is 2.37. The second kappa shape index (κ2) is 7.25. The normalized spacial score (nSPS) is 16.4. The van der Waals surface area contributed by atoms with Crippen molar-refractivity contribution in [2.45, 2.75) is 12.5 Å². The molecule has 1 atom stereocenters. The predicted octanol–water partition coefficient (Wildman–Crippen LogP) is 6.96. The fourth-order valence-corrected chi connectivity index (χ4v) is 4.08. The number of halogens is 1. The molecular weight excluding hydrogens is 408 g/mol. The van der Waals surface area contributed by atoms with Crippen molar-refractivity contribution >= 4 is 38.1 Å². The molecule has 1 unspecified atom stereocenters. The molecule has 136 valence electrons. The number of hydrogen-bond donors (Lipinski definition) is 0. The van der Waals surface area contributed by atoms with Gasteiger partial charge in [0.25, 0.3) is 0 Å². The van der Waals surface area contributed by atoms with Crippen LogP contribution in [-0.2, 0) is 0 Å². The Bertz CT molecular complexity index is 1150. The van der Waals surface area contributed by atoms with Crippen molar-refractivity contribution in [1.29, 1.82) is 0 Å². The van der Waals surface area contributed by atoms with Gasteiger partial charge in [-0.1, -0.05) is 82.7 Å². The molecular formula is C25H19BrN2. The lowest BCUT2D eigenvalue weighted by Gasteiger charge is -2.24. The van der Waals surface area contributed by atoms with Crippen LogP contribution in [0.15, 0.2) is 107 Å². The Morgan fingerprint density at radius 1 is 0.750 bits per heavy atom. The first-order valence-corrected chi connectivity index (χ1v) is 10.2. The third kappa shape index (κ3) is 3.23. The molecule has 0 saturated carbocycles. The number of benzene rings is 4. The Labute approximate surface area is 173 Å². The summed E-state index contributed by atoms with van der Waals surface area (Å²) < 4.78 is 1.09. The van der Waals surface area contributed by atoms with E-state index in [1.54, 1.807) is 0 Å². The SMILES string of the molecule is Brc1ccc(C2CC(c3ccc4ccccc4c3)=NN2c2ccccc2)cc1. The van der Waals surface area contributed by atoms with E-state index in [4.69, 9.17) is 5.10 Å². The summed E-state index contributed by atoms with van der Waals surface area (Å²) in [5.41, 5.74) is 4.71. The van der Waals surface area contributed by atoms with Gasteiger partial charge in [-0.15, -0.1) is 0 Å². The average molecular weight is 427 g/mol. The molecule has 0 saturated heterocycles. The molecule has 0 amide bonds. The molecule has 4 aromatic rings. The van der Waals surface area contributed by atoms with Crippen LogP contribution in [0.25, 0.3) is 10.8 Å². The molecule has 0 aliphatic carbocycles. The number of hydrazone groups is 1. The van der Waals surface area contributed by atoms with E-state index < -0.39 is 0 Å². The largest absolute Gasteiger partial charge is 0.257 e. The van der Waals surface area contributed by atoms with Gasteiger partial charge in [0.05, 0.1) is 17.4 Å². The van der Waals surface area contributed by atoms with E-state index in [2.05, 4.69) is 112 Å². The third-order valence-electron chi connectivity index (χ3n) is 5.27. The lowest BCUT2D eigenvalue weighted by atomic mass is 9.97. The standard InChI is InChI=1S/C25H19BrN2/c26-22-14-12-19(13-15-22)25-17-24(27-28(25)23-8-2-1-3-9-23)21-11-10-18-6-4-5-7-20(18)16-21/h1-16,25H,17H2. The van der Waals surface area contributed by atoms with Crippen molar-refractivity contribution in [1.82, 2.24) is 0 Å². The van der Waals surface area contributed by atoms with Crippen LogP contribution >= 0.6 is 15.9 Å². The van der Waals surface area contributed by atoms with Crippen LogP contribution in [0, 0.1) is 0 Å². The highest BCUT2D eigenvalue weighted by Gasteiger charge is 2.29. The molecule has 1 aliphatic heterocycles. The molecule has 0 spiro atoms. The summed E-state index contributed by atoms with van der Waals surface area (Å²) in [4.78, 5) is 0. The Balaban J connectivity index is 1.57. The number of para-hydroxylation sites is 1. The van der Waals surface area contributed by atoms with Gasteiger partial charge < -0.3 is 0 Å². The van der Waals surface area contributed by atoms with E-state index >= 15 is 0 Å². The van der Waals surface area contributed by atoms with E-state index in [-0.39, 0.29) is 6.04 Å². The molecule has 0 bridgehead atoms. The maximum absolute atomic E-state index is 5.05. The van der Waals surface area contributed by atoms with Crippen LogP contribution in [0.2, 0.25) is 0 Å². The summed E-state index contributed by atoms with van der Waals surface area (Å²) in [6.07, 6.45) is 0.884. The van der Waals surface area contributed by atoms with Crippen molar-refractivity contribution in [2.24, 2.45) is 5.10 Å². The number of fused-ring (bicyclic) bond motifs is 1. The highest BCUT2D eigenvalue weighted by atomic mass is 79.9. The molecule has 1 heterocycles. The molecule has 3 heteroatoms. The number of rotatable bonds is 3. The zero-order valence-electron chi connectivity index (χ0n) is 15.3. The van der Waals surface area contributed by atoms with E-state index in [0.29, 0.717) is 0 Å². The molecule has 0 N–H and O–H groups in total. The summed E-state index contributed by atoms with van der Waals surface area (Å²) in [5, 5.41) is 9.72. The first kappa shape index (κ1) is 17.2. The summed E-state index contributed by atoms with van der Waals surface area (Å²) in [7, 11) is 0. The van der Waals surface area contributed by atoms with Crippen LogP contribution in [0.1, 0.15) is 23.6 Å². The summed E-state index contributed by atoms with van der Waals surface area (Å²) in [6.45, 7) is 0. The van der Waals surface area contributed by atoms with Crippen molar-refractivity contribution in [3.63, 3.8) is 0 Å². The smallest absolute Gasteiger partial charge is 0.0831 e. The number of hydrogen-bond acceptors (Lipinski definition) is 2. The molecule has 0 aromatic heterocycles. The molecule has 28 heavy (non-hydrogen) atoms. The monoisotopic (exact) mass is 426 g/mol. The van der Waals surface area contributed by atoms with Gasteiger partial charge in [-0.25, -0.2) is 0 Å². The molecule has 5 rings (SSSR count). The van der Waals surface area contributed by atoms with Gasteiger partial charge in [0.15, 0.2) is 0 Å². The lowest BCUT2D eigenvalue weighted by molar-refractivity contribution is 0.709. The molecule has 0 fully saturated rings. The minimum absolute atomic E-state index is 0.192. The van der Waals surface area contributed by atoms with Gasteiger partial charge in [0.2, 0.25) is 0 Å². The fourth-order valence-electron chi connectivity index (χ4n) is 3.82. The summed E-state index contributed by atoms with van der Waals surface area (Å²) in [5.74, 6) is 0. The van der Waals surface area contributed by atoms with E-state index in [0.717, 1.165) is 22.3 Å². The minimum atomic E-state index is 0.192. The Morgan fingerprint density at radius 2 is 1.46 bits per heavy atom. The van der Waals surface area contributed by atoms with Crippen molar-refractivity contribution in [3.05, 3.63) is 113 Å². The Morgan fingerprint density at radius 3 is 2.25 bits per heavy atom. The van der Waals surface area contributed by atoms with Crippen LogP contribution in [-0.4, -0.2) is 5.71 Å². The fraction of sp³-hybridized carbons (Fsp3) is 0.0800. The Kier molecular flexibility index (Phi) is 4.46. The first-order chi connectivity index (χ1) is 13.8. The van der Waals surface area contributed by atoms with Crippen LogP contribution < -0.4 is 5.01 Å². The second-order valence-electron chi connectivity index (χ2n) is 7.06. The predicted molar refractivity (Wildman–Crippen MR) is 121 cm³/mol. The molecule has 1 aliphatic rings. The zero-order chi connectivity index (χ0) is 18.9. The molecule has 2 nitrogen and oxygen atoms in total. The van der Waals surface area contributed by atoms with Crippen molar-refractivity contribution in [2.75, 3.05) is 5.01 Å². The van der Waals surface area contributed by atoms with Crippen molar-refractivity contribution < 1.29 is 0 Å². The quantitative estimate of drug-likeness (QED) is 0.345. The highest BCUT2D eigenvalue weighted by molar-refractivity contribution is 9.10. The first-order valence-electron chi connectivity index (χ1n) is 9.44. The maximum atomic E-state index is 5.05. The zero-order valence-corrected chi connectivity index (χ0v) is 16.9. The van der Waals surface area contributed by atoms with Gasteiger partial charge in [-0.05, 0) is 52.2 Å². The van der Waals surface area contributed by atoms with E-state index in [9.17, 15) is 0 Å². The van der Waals surface area contributed by atoms with Crippen molar-refractivity contribution in [3.8, 4) is 0 Å². The number of nitrogens with zero attached hydrogens (tertiary/aromatic N) is 2. The number of anilines is 1. The van der Waals surface area contributed by atoms with Gasteiger partial charge in [0.1, 0.15) is 0 Å². The van der Waals surface area contributed by atoms with Gasteiger partial charge >= 0.3 is 0 Å². The lowest BCUT2D eigenvalue weighted by Crippen LogP contribution is -2.18. The van der Waals surface area contributed by atoms with Crippen LogP contribution in [0.5, 0.6) is 0 Å². The minimum Gasteiger partial charge on any atom is -0.257 e. The molecule has 0 radical (unpaired) electrons. The van der Waals surface area contributed by atoms with E-state index in [1.165, 1.54) is 21.9 Å².